The van der Waals surface area contributed by atoms with E-state index < -0.39 is 16.1 Å². The van der Waals surface area contributed by atoms with Crippen LogP contribution in [0.3, 0.4) is 0 Å². The van der Waals surface area contributed by atoms with Crippen LogP contribution in [0.5, 0.6) is 0 Å². The molecule has 0 unspecified atom stereocenters. The molecule has 0 radical (unpaired) electrons. The Bertz CT molecular complexity index is 696. The smallest absolute Gasteiger partial charge is 0.418 e. The van der Waals surface area contributed by atoms with E-state index in [-0.39, 0.29) is 4.90 Å². The lowest BCUT2D eigenvalue weighted by Crippen LogP contribution is -2.29. The zero-order valence-corrected chi connectivity index (χ0v) is 10.6. The quantitative estimate of drug-likeness (QED) is 0.901. The van der Waals surface area contributed by atoms with Gasteiger partial charge < -0.3 is 5.11 Å². The zero-order valence-electron chi connectivity index (χ0n) is 9.78. The van der Waals surface area contributed by atoms with Crippen LogP contribution in [-0.4, -0.2) is 19.6 Å². The van der Waals surface area contributed by atoms with Crippen molar-refractivity contribution in [2.24, 2.45) is 0 Å². The minimum atomic E-state index is -4.09. The van der Waals surface area contributed by atoms with Gasteiger partial charge in [-0.25, -0.2) is 17.9 Å². The van der Waals surface area contributed by atoms with Crippen molar-refractivity contribution < 1.29 is 18.3 Å². The summed E-state index contributed by atoms with van der Waals surface area (Å²) in [5.74, 6) is 0. The van der Waals surface area contributed by atoms with E-state index in [4.69, 9.17) is 5.11 Å². The van der Waals surface area contributed by atoms with E-state index >= 15 is 0 Å². The van der Waals surface area contributed by atoms with Crippen molar-refractivity contribution in [3.63, 3.8) is 0 Å². The van der Waals surface area contributed by atoms with E-state index in [1.165, 1.54) is 10.8 Å². The summed E-state index contributed by atoms with van der Waals surface area (Å²) < 4.78 is 25.4. The second kappa shape index (κ2) is 5.11. The Morgan fingerprint density at radius 1 is 0.947 bits per heavy atom. The van der Waals surface area contributed by atoms with Gasteiger partial charge >= 0.3 is 6.09 Å². The molecule has 0 saturated carbocycles. The summed E-state index contributed by atoms with van der Waals surface area (Å²) in [6.07, 6.45) is -1.61. The average molecular weight is 277 g/mol. The number of benzene rings is 2. The van der Waals surface area contributed by atoms with E-state index in [0.29, 0.717) is 11.1 Å². The highest BCUT2D eigenvalue weighted by Crippen LogP contribution is 2.26. The fraction of sp³-hybridized carbons (Fsp3) is 0. The second-order valence-corrected chi connectivity index (χ2v) is 5.42. The molecule has 98 valence electrons. The van der Waals surface area contributed by atoms with E-state index in [9.17, 15) is 13.2 Å². The number of carboxylic acid groups (broad SMARTS) is 1. The highest BCUT2D eigenvalue weighted by atomic mass is 32.2. The largest absolute Gasteiger partial charge is 0.464 e. The third kappa shape index (κ3) is 2.92. The maximum absolute atomic E-state index is 11.9. The van der Waals surface area contributed by atoms with Gasteiger partial charge in [-0.2, -0.15) is 0 Å². The molecule has 0 aliphatic carbocycles. The lowest BCUT2D eigenvalue weighted by atomic mass is 10.1. The fourth-order valence-electron chi connectivity index (χ4n) is 1.73. The van der Waals surface area contributed by atoms with Crippen molar-refractivity contribution in [2.75, 3.05) is 0 Å². The molecule has 0 spiro atoms. The van der Waals surface area contributed by atoms with Crippen molar-refractivity contribution >= 4 is 16.1 Å². The molecule has 1 amide bonds. The summed E-state index contributed by atoms with van der Waals surface area (Å²) in [4.78, 5) is 10.5. The standard InChI is InChI=1S/C13H11NO4S/c15-13(16)14-19(17,18)12-9-5-4-8-11(12)10-6-2-1-3-7-10/h1-9,14H,(H,15,16). The molecule has 6 heteroatoms. The summed E-state index contributed by atoms with van der Waals surface area (Å²) in [5.41, 5.74) is 1.16. The summed E-state index contributed by atoms with van der Waals surface area (Å²) >= 11 is 0. The normalized spacial score (nSPS) is 10.9. The Balaban J connectivity index is 2.58. The molecule has 2 aromatic carbocycles. The Hall–Kier alpha value is -2.34. The molecule has 0 aliphatic heterocycles. The van der Waals surface area contributed by atoms with Crippen LogP contribution in [0.15, 0.2) is 59.5 Å². The van der Waals surface area contributed by atoms with Crippen LogP contribution < -0.4 is 4.72 Å². The van der Waals surface area contributed by atoms with Crippen molar-refractivity contribution in [3.05, 3.63) is 54.6 Å². The van der Waals surface area contributed by atoms with E-state index in [0.717, 1.165) is 0 Å². The Morgan fingerprint density at radius 2 is 1.53 bits per heavy atom. The van der Waals surface area contributed by atoms with Gasteiger partial charge in [-0.05, 0) is 11.6 Å². The summed E-state index contributed by atoms with van der Waals surface area (Å²) in [6, 6.07) is 15.1. The van der Waals surface area contributed by atoms with E-state index in [1.54, 1.807) is 42.5 Å². The number of carbonyl (C=O) groups is 1. The summed E-state index contributed by atoms with van der Waals surface area (Å²) in [5, 5.41) is 8.58. The topological polar surface area (TPSA) is 83.5 Å². The first-order chi connectivity index (χ1) is 9.00. The lowest BCUT2D eigenvalue weighted by molar-refractivity contribution is 0.201. The summed E-state index contributed by atoms with van der Waals surface area (Å²) in [6.45, 7) is 0. The molecule has 2 N–H and O–H groups in total. The van der Waals surface area contributed by atoms with Crippen LogP contribution in [0.2, 0.25) is 0 Å². The first kappa shape index (κ1) is 13.1. The molecule has 0 bridgehead atoms. The van der Waals surface area contributed by atoms with Gasteiger partial charge in [0.2, 0.25) is 0 Å². The van der Waals surface area contributed by atoms with Gasteiger partial charge in [0.05, 0.1) is 4.90 Å². The van der Waals surface area contributed by atoms with Crippen LogP contribution in [0.4, 0.5) is 4.79 Å². The molecule has 2 rings (SSSR count). The van der Waals surface area contributed by atoms with Gasteiger partial charge in [0, 0.05) is 5.56 Å². The van der Waals surface area contributed by atoms with Gasteiger partial charge in [0.15, 0.2) is 0 Å². The minimum Gasteiger partial charge on any atom is -0.464 e. The van der Waals surface area contributed by atoms with Crippen LogP contribution >= 0.6 is 0 Å². The Kier molecular flexibility index (Phi) is 3.52. The highest BCUT2D eigenvalue weighted by Gasteiger charge is 2.20. The van der Waals surface area contributed by atoms with Crippen LogP contribution in [0, 0.1) is 0 Å². The Labute approximate surface area is 110 Å². The monoisotopic (exact) mass is 277 g/mol. The van der Waals surface area contributed by atoms with Gasteiger partial charge in [-0.15, -0.1) is 0 Å². The minimum absolute atomic E-state index is 0.0661. The SMILES string of the molecule is O=C(O)NS(=O)(=O)c1ccccc1-c1ccccc1. The number of sulfonamides is 1. The molecular formula is C13H11NO4S. The average Bonchev–Trinajstić information content (AvgIpc) is 2.38. The number of hydrogen-bond acceptors (Lipinski definition) is 3. The molecular weight excluding hydrogens is 266 g/mol. The molecule has 0 saturated heterocycles. The first-order valence-electron chi connectivity index (χ1n) is 5.41. The van der Waals surface area contributed by atoms with Gasteiger partial charge in [0.25, 0.3) is 10.0 Å². The number of nitrogens with one attached hydrogen (secondary N) is 1. The molecule has 2 aromatic rings. The highest BCUT2D eigenvalue weighted by molar-refractivity contribution is 7.90. The summed E-state index contributed by atoms with van der Waals surface area (Å²) in [7, 11) is -4.09. The van der Waals surface area contributed by atoms with Crippen LogP contribution in [0.25, 0.3) is 11.1 Å². The van der Waals surface area contributed by atoms with Crippen molar-refractivity contribution in [1.82, 2.24) is 4.72 Å². The molecule has 19 heavy (non-hydrogen) atoms. The van der Waals surface area contributed by atoms with E-state index in [2.05, 4.69) is 0 Å². The fourth-order valence-corrected chi connectivity index (χ4v) is 2.80. The lowest BCUT2D eigenvalue weighted by Gasteiger charge is -2.10. The predicted molar refractivity (Wildman–Crippen MR) is 70.2 cm³/mol. The van der Waals surface area contributed by atoms with Crippen molar-refractivity contribution in [2.45, 2.75) is 4.90 Å². The first-order valence-corrected chi connectivity index (χ1v) is 6.89. The molecule has 0 aliphatic rings. The molecule has 0 fully saturated rings. The maximum Gasteiger partial charge on any atom is 0.418 e. The van der Waals surface area contributed by atoms with Gasteiger partial charge in [-0.1, -0.05) is 48.5 Å². The second-order valence-electron chi connectivity index (χ2n) is 3.77. The predicted octanol–water partition coefficient (Wildman–Crippen LogP) is 2.31. The molecule has 5 nitrogen and oxygen atoms in total. The van der Waals surface area contributed by atoms with Gasteiger partial charge in [-0.3, -0.25) is 0 Å². The Morgan fingerprint density at radius 3 is 2.16 bits per heavy atom. The van der Waals surface area contributed by atoms with E-state index in [1.807, 2.05) is 6.07 Å². The van der Waals surface area contributed by atoms with Gasteiger partial charge in [0.1, 0.15) is 0 Å². The third-order valence-corrected chi connectivity index (χ3v) is 3.86. The maximum atomic E-state index is 11.9. The molecule has 0 heterocycles. The molecule has 0 aromatic heterocycles. The third-order valence-electron chi connectivity index (χ3n) is 2.48. The number of rotatable bonds is 3. The van der Waals surface area contributed by atoms with Crippen molar-refractivity contribution in [1.29, 1.82) is 0 Å². The zero-order chi connectivity index (χ0) is 13.9. The van der Waals surface area contributed by atoms with Crippen LogP contribution in [-0.2, 0) is 10.0 Å². The van der Waals surface area contributed by atoms with Crippen LogP contribution in [0.1, 0.15) is 0 Å². The number of amides is 1. The van der Waals surface area contributed by atoms with Crippen molar-refractivity contribution in [3.8, 4) is 11.1 Å². The molecule has 0 atom stereocenters. The number of hydrogen-bond donors (Lipinski definition) is 2.